The lowest BCUT2D eigenvalue weighted by Gasteiger charge is -2.59. The van der Waals surface area contributed by atoms with Crippen molar-refractivity contribution in [2.24, 2.45) is 22.7 Å². The molecule has 0 aliphatic heterocycles. The van der Waals surface area contributed by atoms with Gasteiger partial charge >= 0.3 is 0 Å². The van der Waals surface area contributed by atoms with Crippen LogP contribution in [0, 0.1) is 22.7 Å². The molecular formula is C21H30O3. The van der Waals surface area contributed by atoms with Crippen LogP contribution in [0.5, 0.6) is 0 Å². The van der Waals surface area contributed by atoms with E-state index in [0.29, 0.717) is 22.7 Å². The van der Waals surface area contributed by atoms with Gasteiger partial charge in [0.1, 0.15) is 5.76 Å². The number of fused-ring (bicyclic) bond motifs is 5. The molecule has 6 atom stereocenters. The third-order valence-electron chi connectivity index (χ3n) is 8.83. The molecule has 1 N–H and O–H groups in total. The summed E-state index contributed by atoms with van der Waals surface area (Å²) >= 11 is 0. The predicted octanol–water partition coefficient (Wildman–Crippen LogP) is 4.29. The summed E-state index contributed by atoms with van der Waals surface area (Å²) in [6, 6.07) is 2.24. The van der Waals surface area contributed by atoms with E-state index in [9.17, 15) is 5.11 Å². The Labute approximate surface area is 144 Å². The number of rotatable bonds is 2. The lowest BCUT2D eigenvalue weighted by Crippen LogP contribution is -2.51. The quantitative estimate of drug-likeness (QED) is 0.879. The lowest BCUT2D eigenvalue weighted by atomic mass is 9.45. The minimum Gasteiger partial charge on any atom is -0.469 e. The molecule has 0 saturated heterocycles. The molecule has 3 nitrogen and oxygen atoms in total. The number of aliphatic hydroxyl groups is 1. The van der Waals surface area contributed by atoms with E-state index in [1.807, 2.05) is 13.4 Å². The van der Waals surface area contributed by atoms with Crippen LogP contribution in [0.15, 0.2) is 16.7 Å². The molecule has 4 aliphatic carbocycles. The highest BCUT2D eigenvalue weighted by molar-refractivity contribution is 5.31. The molecule has 2 bridgehead atoms. The Morgan fingerprint density at radius 3 is 2.96 bits per heavy atom. The zero-order valence-electron chi connectivity index (χ0n) is 15.0. The van der Waals surface area contributed by atoms with Gasteiger partial charge in [-0.2, -0.15) is 0 Å². The smallest absolute Gasteiger partial charge is 0.107 e. The third kappa shape index (κ3) is 1.71. The summed E-state index contributed by atoms with van der Waals surface area (Å²) in [5.41, 5.74) is 2.01. The number of hydrogen-bond acceptors (Lipinski definition) is 3. The Kier molecular flexibility index (Phi) is 3.14. The van der Waals surface area contributed by atoms with Crippen molar-refractivity contribution in [2.45, 2.75) is 69.8 Å². The summed E-state index contributed by atoms with van der Waals surface area (Å²) < 4.78 is 11.7. The van der Waals surface area contributed by atoms with Gasteiger partial charge in [-0.05, 0) is 85.2 Å². The normalized spacial score (nSPS) is 49.4. The van der Waals surface area contributed by atoms with Gasteiger partial charge in [-0.15, -0.1) is 0 Å². The molecule has 1 heterocycles. The van der Waals surface area contributed by atoms with Gasteiger partial charge in [0, 0.05) is 13.5 Å². The zero-order chi connectivity index (χ0) is 16.6. The van der Waals surface area contributed by atoms with Gasteiger partial charge in [0.05, 0.1) is 18.5 Å². The molecule has 0 radical (unpaired) electrons. The number of hydrogen-bond donors (Lipinski definition) is 1. The second-order valence-electron chi connectivity index (χ2n) is 9.39. The number of aryl methyl sites for hydroxylation is 1. The van der Waals surface area contributed by atoms with E-state index in [2.05, 4.69) is 13.0 Å². The average Bonchev–Trinajstić information content (AvgIpc) is 3.15. The first kappa shape index (κ1) is 15.5. The van der Waals surface area contributed by atoms with Crippen molar-refractivity contribution in [3.8, 4) is 0 Å². The van der Waals surface area contributed by atoms with Gasteiger partial charge in [0.25, 0.3) is 0 Å². The van der Waals surface area contributed by atoms with Crippen molar-refractivity contribution >= 4 is 0 Å². The van der Waals surface area contributed by atoms with Crippen molar-refractivity contribution in [3.63, 3.8) is 0 Å². The van der Waals surface area contributed by atoms with E-state index >= 15 is 0 Å². The molecule has 3 saturated carbocycles. The van der Waals surface area contributed by atoms with Crippen LogP contribution in [0.1, 0.15) is 69.1 Å². The number of furan rings is 1. The van der Waals surface area contributed by atoms with Gasteiger partial charge < -0.3 is 14.3 Å². The van der Waals surface area contributed by atoms with Crippen molar-refractivity contribution in [1.82, 2.24) is 0 Å². The summed E-state index contributed by atoms with van der Waals surface area (Å²) in [7, 11) is 1.81. The average molecular weight is 330 g/mol. The van der Waals surface area contributed by atoms with E-state index in [-0.39, 0.29) is 12.2 Å². The first-order valence-electron chi connectivity index (χ1n) is 9.79. The second-order valence-corrected chi connectivity index (χ2v) is 9.39. The molecule has 132 valence electrons. The maximum absolute atomic E-state index is 10.1. The molecule has 5 rings (SSSR count). The fraction of sp³-hybridized carbons (Fsp3) is 0.810. The van der Waals surface area contributed by atoms with Crippen molar-refractivity contribution in [1.29, 1.82) is 0 Å². The number of ether oxygens (including phenoxy) is 1. The van der Waals surface area contributed by atoms with Crippen molar-refractivity contribution in [2.75, 3.05) is 13.7 Å². The van der Waals surface area contributed by atoms with Crippen LogP contribution < -0.4 is 0 Å². The van der Waals surface area contributed by atoms with E-state index in [1.54, 1.807) is 0 Å². The Morgan fingerprint density at radius 1 is 1.29 bits per heavy atom. The summed E-state index contributed by atoms with van der Waals surface area (Å²) in [5, 5.41) is 10.1. The SMILES string of the molecule is COC1(CO)CC23CCC4c5ccoc5CCC4(C)C2CCC1C3. The summed E-state index contributed by atoms with van der Waals surface area (Å²) in [6.45, 7) is 2.75. The molecule has 1 aromatic heterocycles. The highest BCUT2D eigenvalue weighted by Gasteiger charge is 2.66. The van der Waals surface area contributed by atoms with Gasteiger partial charge in [-0.3, -0.25) is 0 Å². The molecule has 1 aromatic rings. The highest BCUT2D eigenvalue weighted by atomic mass is 16.5. The standard InChI is InChI=1S/C21H30O3/c1-19-8-6-17-15(7-10-24-17)16(19)5-9-20-11-14(3-4-18(19)20)21(12-20,13-22)23-2/h7,10,14,16,18,22H,3-6,8-9,11-13H2,1-2H3. The van der Waals surface area contributed by atoms with Gasteiger partial charge in [-0.25, -0.2) is 0 Å². The molecule has 0 aromatic carbocycles. The third-order valence-corrected chi connectivity index (χ3v) is 8.83. The molecule has 1 spiro atoms. The van der Waals surface area contributed by atoms with Crippen LogP contribution in [0.4, 0.5) is 0 Å². The molecule has 6 unspecified atom stereocenters. The minimum atomic E-state index is -0.270. The maximum Gasteiger partial charge on any atom is 0.107 e. The van der Waals surface area contributed by atoms with Crippen LogP contribution in [0.2, 0.25) is 0 Å². The fourth-order valence-electron chi connectivity index (χ4n) is 7.79. The van der Waals surface area contributed by atoms with Crippen LogP contribution in [-0.4, -0.2) is 24.4 Å². The fourth-order valence-corrected chi connectivity index (χ4v) is 7.79. The predicted molar refractivity (Wildman–Crippen MR) is 91.8 cm³/mol. The molecule has 3 fully saturated rings. The molecule has 3 heteroatoms. The molecule has 0 amide bonds. The van der Waals surface area contributed by atoms with E-state index < -0.39 is 0 Å². The van der Waals surface area contributed by atoms with Gasteiger partial charge in [0.15, 0.2) is 0 Å². The molecule has 24 heavy (non-hydrogen) atoms. The summed E-state index contributed by atoms with van der Waals surface area (Å²) in [5.74, 6) is 3.23. The van der Waals surface area contributed by atoms with Gasteiger partial charge in [-0.1, -0.05) is 6.92 Å². The van der Waals surface area contributed by atoms with E-state index in [4.69, 9.17) is 9.15 Å². The zero-order valence-corrected chi connectivity index (χ0v) is 15.0. The Morgan fingerprint density at radius 2 is 2.17 bits per heavy atom. The van der Waals surface area contributed by atoms with E-state index in [1.165, 1.54) is 49.8 Å². The van der Waals surface area contributed by atoms with Crippen LogP contribution in [-0.2, 0) is 11.2 Å². The minimum absolute atomic E-state index is 0.189. The number of methoxy groups -OCH3 is 1. The summed E-state index contributed by atoms with van der Waals surface area (Å²) in [6.07, 6.45) is 11.7. The topological polar surface area (TPSA) is 42.6 Å². The van der Waals surface area contributed by atoms with Crippen molar-refractivity contribution in [3.05, 3.63) is 23.7 Å². The Hall–Kier alpha value is -0.800. The van der Waals surface area contributed by atoms with Crippen LogP contribution >= 0.6 is 0 Å². The lowest BCUT2D eigenvalue weighted by molar-refractivity contribution is -0.0860. The maximum atomic E-state index is 10.1. The summed E-state index contributed by atoms with van der Waals surface area (Å²) in [4.78, 5) is 0. The largest absolute Gasteiger partial charge is 0.469 e. The van der Waals surface area contributed by atoms with Crippen LogP contribution in [0.25, 0.3) is 0 Å². The molecular weight excluding hydrogens is 300 g/mol. The highest BCUT2D eigenvalue weighted by Crippen LogP contribution is 2.72. The first-order chi connectivity index (χ1) is 11.6. The molecule has 4 aliphatic rings. The van der Waals surface area contributed by atoms with Gasteiger partial charge in [0.2, 0.25) is 0 Å². The Bertz CT molecular complexity index is 645. The van der Waals surface area contributed by atoms with E-state index in [0.717, 1.165) is 18.8 Å². The first-order valence-corrected chi connectivity index (χ1v) is 9.79. The monoisotopic (exact) mass is 330 g/mol. The van der Waals surface area contributed by atoms with Crippen molar-refractivity contribution < 1.29 is 14.3 Å². The number of aliphatic hydroxyl groups excluding tert-OH is 1. The van der Waals surface area contributed by atoms with Crippen LogP contribution in [0.3, 0.4) is 0 Å². The Balaban J connectivity index is 1.55. The second kappa shape index (κ2) is 4.88.